The molecule has 1 rings (SSSR count). The Bertz CT molecular complexity index is 260. The fourth-order valence-corrected chi connectivity index (χ4v) is 1.68. The highest BCUT2D eigenvalue weighted by Gasteiger charge is 2.07. The van der Waals surface area contributed by atoms with Crippen LogP contribution in [-0.4, -0.2) is 27.4 Å². The molecule has 1 fully saturated rings. The summed E-state index contributed by atoms with van der Waals surface area (Å²) in [5, 5.41) is 0. The van der Waals surface area contributed by atoms with E-state index in [9.17, 15) is 8.42 Å². The van der Waals surface area contributed by atoms with E-state index < -0.39 is 9.05 Å². The Kier molecular flexibility index (Phi) is 3.55. The van der Waals surface area contributed by atoms with E-state index in [1.807, 2.05) is 0 Å². The molecule has 70 valence electrons. The largest absolute Gasteiger partial charge is 0.381 e. The Morgan fingerprint density at radius 1 is 1.42 bits per heavy atom. The number of halogens is 1. The zero-order valence-electron chi connectivity index (χ0n) is 6.62. The highest BCUT2D eigenvalue weighted by Crippen LogP contribution is 2.13. The van der Waals surface area contributed by atoms with E-state index in [1.54, 1.807) is 6.08 Å². The van der Waals surface area contributed by atoms with Gasteiger partial charge < -0.3 is 4.74 Å². The van der Waals surface area contributed by atoms with Gasteiger partial charge in [-0.05, 0) is 12.8 Å². The van der Waals surface area contributed by atoms with Gasteiger partial charge in [0.25, 0.3) is 0 Å². The molecule has 0 bridgehead atoms. The summed E-state index contributed by atoms with van der Waals surface area (Å²) in [6.07, 6.45) is 3.34. The summed E-state index contributed by atoms with van der Waals surface area (Å²) in [4.78, 5) is 0. The number of rotatable bonds is 2. The minimum absolute atomic E-state index is 0.0656. The molecule has 1 heterocycles. The Morgan fingerprint density at radius 3 is 2.50 bits per heavy atom. The van der Waals surface area contributed by atoms with E-state index in [2.05, 4.69) is 0 Å². The summed E-state index contributed by atoms with van der Waals surface area (Å²) in [7, 11) is 1.68. The van der Waals surface area contributed by atoms with Crippen molar-refractivity contribution >= 4 is 19.7 Å². The van der Waals surface area contributed by atoms with Crippen molar-refractivity contribution in [1.29, 1.82) is 0 Å². The second kappa shape index (κ2) is 4.25. The molecular formula is C7H11ClO3S. The SMILES string of the molecule is O=S(=O)(Cl)CC=C1CCOCC1. The molecule has 0 radical (unpaired) electrons. The summed E-state index contributed by atoms with van der Waals surface area (Å²) < 4.78 is 26.2. The molecular weight excluding hydrogens is 200 g/mol. The first-order valence-electron chi connectivity index (χ1n) is 3.76. The van der Waals surface area contributed by atoms with Crippen molar-refractivity contribution in [3.8, 4) is 0 Å². The lowest BCUT2D eigenvalue weighted by molar-refractivity contribution is 0.119. The summed E-state index contributed by atoms with van der Waals surface area (Å²) in [6.45, 7) is 1.38. The molecule has 1 saturated heterocycles. The lowest BCUT2D eigenvalue weighted by atomic mass is 10.1. The molecule has 0 aromatic rings. The molecule has 1 aliphatic heterocycles. The van der Waals surface area contributed by atoms with E-state index in [-0.39, 0.29) is 5.75 Å². The molecule has 12 heavy (non-hydrogen) atoms. The van der Waals surface area contributed by atoms with Crippen LogP contribution < -0.4 is 0 Å². The van der Waals surface area contributed by atoms with E-state index in [1.165, 1.54) is 0 Å². The van der Waals surface area contributed by atoms with Crippen molar-refractivity contribution in [2.24, 2.45) is 0 Å². The van der Waals surface area contributed by atoms with Crippen molar-refractivity contribution in [3.05, 3.63) is 11.6 Å². The fraction of sp³-hybridized carbons (Fsp3) is 0.714. The normalized spacial score (nSPS) is 19.2. The first kappa shape index (κ1) is 10.0. The van der Waals surface area contributed by atoms with E-state index in [4.69, 9.17) is 15.4 Å². The minimum Gasteiger partial charge on any atom is -0.381 e. The van der Waals surface area contributed by atoms with Crippen LogP contribution in [0.5, 0.6) is 0 Å². The van der Waals surface area contributed by atoms with Gasteiger partial charge in [-0.2, -0.15) is 0 Å². The van der Waals surface area contributed by atoms with Gasteiger partial charge in [0.2, 0.25) is 9.05 Å². The number of hydrogen-bond acceptors (Lipinski definition) is 3. The van der Waals surface area contributed by atoms with Crippen molar-refractivity contribution in [2.45, 2.75) is 12.8 Å². The van der Waals surface area contributed by atoms with Crippen molar-refractivity contribution in [2.75, 3.05) is 19.0 Å². The average molecular weight is 211 g/mol. The first-order valence-corrected chi connectivity index (χ1v) is 6.24. The van der Waals surface area contributed by atoms with Crippen LogP contribution in [0.15, 0.2) is 11.6 Å². The molecule has 0 N–H and O–H groups in total. The highest BCUT2D eigenvalue weighted by atomic mass is 35.7. The van der Waals surface area contributed by atoms with Crippen molar-refractivity contribution in [1.82, 2.24) is 0 Å². The van der Waals surface area contributed by atoms with Gasteiger partial charge in [-0.1, -0.05) is 11.6 Å². The molecule has 0 aliphatic carbocycles. The molecule has 0 unspecified atom stereocenters. The third-order valence-corrected chi connectivity index (χ3v) is 2.65. The first-order chi connectivity index (χ1) is 5.58. The van der Waals surface area contributed by atoms with E-state index >= 15 is 0 Å². The molecule has 0 spiro atoms. The highest BCUT2D eigenvalue weighted by molar-refractivity contribution is 8.13. The molecule has 0 amide bonds. The summed E-state index contributed by atoms with van der Waals surface area (Å²) in [6, 6.07) is 0. The smallest absolute Gasteiger partial charge is 0.236 e. The number of ether oxygens (including phenoxy) is 1. The van der Waals surface area contributed by atoms with Crippen LogP contribution in [0.3, 0.4) is 0 Å². The van der Waals surface area contributed by atoms with Gasteiger partial charge in [-0.25, -0.2) is 8.42 Å². The third-order valence-electron chi connectivity index (χ3n) is 1.71. The molecule has 5 heteroatoms. The zero-order valence-corrected chi connectivity index (χ0v) is 8.20. The maximum Gasteiger partial charge on any atom is 0.236 e. The molecule has 1 aliphatic rings. The fourth-order valence-electron chi connectivity index (χ4n) is 1.06. The lowest BCUT2D eigenvalue weighted by Gasteiger charge is -2.13. The van der Waals surface area contributed by atoms with Crippen LogP contribution in [0.2, 0.25) is 0 Å². The molecule has 0 aromatic heterocycles. The second-order valence-corrected chi connectivity index (χ2v) is 5.50. The molecule has 0 aromatic carbocycles. The maximum absolute atomic E-state index is 10.6. The quantitative estimate of drug-likeness (QED) is 0.510. The molecule has 3 nitrogen and oxygen atoms in total. The second-order valence-electron chi connectivity index (χ2n) is 2.68. The van der Waals surface area contributed by atoms with Gasteiger partial charge >= 0.3 is 0 Å². The molecule has 0 atom stereocenters. The van der Waals surface area contributed by atoms with Crippen LogP contribution in [0, 0.1) is 0 Å². The topological polar surface area (TPSA) is 43.4 Å². The van der Waals surface area contributed by atoms with Gasteiger partial charge in [0.15, 0.2) is 0 Å². The zero-order chi connectivity index (χ0) is 9.03. The van der Waals surface area contributed by atoms with Crippen molar-refractivity contribution in [3.63, 3.8) is 0 Å². The predicted molar refractivity (Wildman–Crippen MR) is 47.8 cm³/mol. The van der Waals surface area contributed by atoms with Gasteiger partial charge in [-0.3, -0.25) is 0 Å². The maximum atomic E-state index is 10.6. The predicted octanol–water partition coefficient (Wildman–Crippen LogP) is 1.29. The summed E-state index contributed by atoms with van der Waals surface area (Å²) in [5.41, 5.74) is 1.13. The lowest BCUT2D eigenvalue weighted by Crippen LogP contribution is -2.08. The monoisotopic (exact) mass is 210 g/mol. The van der Waals surface area contributed by atoms with Crippen LogP contribution >= 0.6 is 10.7 Å². The van der Waals surface area contributed by atoms with Gasteiger partial charge in [-0.15, -0.1) is 0 Å². The Morgan fingerprint density at radius 2 is 2.00 bits per heavy atom. The average Bonchev–Trinajstić information content (AvgIpc) is 2.02. The minimum atomic E-state index is -3.37. The van der Waals surface area contributed by atoms with E-state index in [0.717, 1.165) is 18.4 Å². The van der Waals surface area contributed by atoms with Gasteiger partial charge in [0.05, 0.1) is 19.0 Å². The van der Waals surface area contributed by atoms with Gasteiger partial charge in [0.1, 0.15) is 0 Å². The third kappa shape index (κ3) is 4.09. The van der Waals surface area contributed by atoms with Gasteiger partial charge in [0, 0.05) is 10.7 Å². The molecule has 0 saturated carbocycles. The Balaban J connectivity index is 2.45. The number of hydrogen-bond donors (Lipinski definition) is 0. The van der Waals surface area contributed by atoms with Crippen molar-refractivity contribution < 1.29 is 13.2 Å². The standard InChI is InChI=1S/C7H11ClO3S/c8-12(9,10)6-3-7-1-4-11-5-2-7/h3H,1-2,4-6H2. The van der Waals surface area contributed by atoms with Crippen LogP contribution in [0.25, 0.3) is 0 Å². The Labute approximate surface area is 76.8 Å². The summed E-state index contributed by atoms with van der Waals surface area (Å²) >= 11 is 0. The summed E-state index contributed by atoms with van der Waals surface area (Å²) in [5.74, 6) is -0.0656. The van der Waals surface area contributed by atoms with Crippen LogP contribution in [0.1, 0.15) is 12.8 Å². The van der Waals surface area contributed by atoms with Crippen LogP contribution in [0.4, 0.5) is 0 Å². The Hall–Kier alpha value is -0.0600. The van der Waals surface area contributed by atoms with E-state index in [0.29, 0.717) is 13.2 Å². The van der Waals surface area contributed by atoms with Crippen LogP contribution in [-0.2, 0) is 13.8 Å².